The van der Waals surface area contributed by atoms with Gasteiger partial charge >= 0.3 is 0 Å². The minimum atomic E-state index is 0.182. The molecule has 2 aromatic rings. The van der Waals surface area contributed by atoms with Gasteiger partial charge in [-0.3, -0.25) is 0 Å². The summed E-state index contributed by atoms with van der Waals surface area (Å²) in [5.74, 6) is 4.14. The Hall–Kier alpha value is -2.57. The van der Waals surface area contributed by atoms with E-state index in [0.717, 1.165) is 42.7 Å². The Balaban J connectivity index is 1.73. The molecule has 1 unspecified atom stereocenters. The predicted molar refractivity (Wildman–Crippen MR) is 107 cm³/mol. The van der Waals surface area contributed by atoms with Gasteiger partial charge in [-0.2, -0.15) is 0 Å². The van der Waals surface area contributed by atoms with E-state index in [9.17, 15) is 0 Å². The van der Waals surface area contributed by atoms with E-state index in [4.69, 9.17) is 9.73 Å². The molecule has 0 bridgehead atoms. The van der Waals surface area contributed by atoms with Gasteiger partial charge in [-0.15, -0.1) is 10.2 Å². The van der Waals surface area contributed by atoms with Crippen LogP contribution in [0, 0.1) is 12.8 Å². The fourth-order valence-electron chi connectivity index (χ4n) is 3.03. The van der Waals surface area contributed by atoms with Crippen LogP contribution in [0.1, 0.15) is 49.9 Å². The Morgan fingerprint density at radius 2 is 2.15 bits per heavy atom. The topological polar surface area (TPSA) is 76.4 Å². The molecule has 0 saturated carbocycles. The molecule has 146 valence electrons. The van der Waals surface area contributed by atoms with Gasteiger partial charge in [0, 0.05) is 25.6 Å². The van der Waals surface area contributed by atoms with Crippen molar-refractivity contribution in [1.29, 1.82) is 0 Å². The fourth-order valence-corrected chi connectivity index (χ4v) is 3.03. The van der Waals surface area contributed by atoms with Crippen LogP contribution in [-0.2, 0) is 13.6 Å². The summed E-state index contributed by atoms with van der Waals surface area (Å²) < 4.78 is 7.74. The molecule has 1 aliphatic rings. The van der Waals surface area contributed by atoms with Gasteiger partial charge in [0.15, 0.2) is 11.8 Å². The molecule has 0 saturated heterocycles. The van der Waals surface area contributed by atoms with E-state index in [0.29, 0.717) is 19.1 Å². The normalized spacial score (nSPS) is 16.8. The zero-order valence-electron chi connectivity index (χ0n) is 16.7. The van der Waals surface area contributed by atoms with E-state index >= 15 is 0 Å². The summed E-state index contributed by atoms with van der Waals surface area (Å²) in [4.78, 5) is 4.76. The smallest absolute Gasteiger partial charge is 0.192 e. The van der Waals surface area contributed by atoms with Gasteiger partial charge in [0.1, 0.15) is 18.1 Å². The molecule has 1 aromatic carbocycles. The Morgan fingerprint density at radius 3 is 2.89 bits per heavy atom. The van der Waals surface area contributed by atoms with Crippen LogP contribution in [0.3, 0.4) is 0 Å². The first-order valence-corrected chi connectivity index (χ1v) is 9.66. The number of para-hydroxylation sites is 1. The molecule has 0 spiro atoms. The Kier molecular flexibility index (Phi) is 6.32. The van der Waals surface area contributed by atoms with Crippen molar-refractivity contribution in [1.82, 2.24) is 25.4 Å². The third-order valence-corrected chi connectivity index (χ3v) is 4.84. The highest BCUT2D eigenvalue weighted by atomic mass is 16.5. The highest BCUT2D eigenvalue weighted by molar-refractivity contribution is 5.80. The molecule has 27 heavy (non-hydrogen) atoms. The lowest BCUT2D eigenvalue weighted by atomic mass is 10.0. The summed E-state index contributed by atoms with van der Waals surface area (Å²) in [6.07, 6.45) is 2.00. The van der Waals surface area contributed by atoms with Gasteiger partial charge in [-0.05, 0) is 25.3 Å². The molecule has 1 aliphatic heterocycles. The molecule has 0 radical (unpaired) electrons. The van der Waals surface area contributed by atoms with Crippen LogP contribution in [0.4, 0.5) is 0 Å². The molecule has 0 fully saturated rings. The molecule has 1 atom stereocenters. The zero-order valence-corrected chi connectivity index (χ0v) is 16.7. The number of hydrogen-bond donors (Lipinski definition) is 2. The van der Waals surface area contributed by atoms with E-state index in [-0.39, 0.29) is 6.04 Å². The first-order valence-electron chi connectivity index (χ1n) is 9.66. The number of aromatic nitrogens is 3. The van der Waals surface area contributed by atoms with Crippen LogP contribution < -0.4 is 15.4 Å². The third kappa shape index (κ3) is 4.99. The molecule has 2 N–H and O–H groups in total. The molecular weight excluding hydrogens is 340 g/mol. The lowest BCUT2D eigenvalue weighted by Gasteiger charge is -2.28. The van der Waals surface area contributed by atoms with E-state index in [1.165, 1.54) is 5.56 Å². The van der Waals surface area contributed by atoms with E-state index in [2.05, 4.69) is 40.7 Å². The van der Waals surface area contributed by atoms with Gasteiger partial charge in [-0.1, -0.05) is 32.0 Å². The van der Waals surface area contributed by atoms with Crippen molar-refractivity contribution in [3.63, 3.8) is 0 Å². The second-order valence-corrected chi connectivity index (χ2v) is 7.37. The maximum Gasteiger partial charge on any atom is 0.192 e. The maximum absolute atomic E-state index is 5.77. The van der Waals surface area contributed by atoms with Crippen LogP contribution in [0.2, 0.25) is 0 Å². The summed E-state index contributed by atoms with van der Waals surface area (Å²) in [7, 11) is 1.97. The number of rotatable bonds is 6. The van der Waals surface area contributed by atoms with Crippen molar-refractivity contribution in [2.45, 2.75) is 46.2 Å². The minimum absolute atomic E-state index is 0.182. The number of aliphatic imine (C=N–C) groups is 1. The lowest BCUT2D eigenvalue weighted by molar-refractivity contribution is 0.261. The lowest BCUT2D eigenvalue weighted by Crippen LogP contribution is -2.41. The summed E-state index contributed by atoms with van der Waals surface area (Å²) >= 11 is 0. The number of benzene rings is 1. The molecule has 2 heterocycles. The highest BCUT2D eigenvalue weighted by Crippen LogP contribution is 2.31. The number of ether oxygens (including phenoxy) is 1. The van der Waals surface area contributed by atoms with Gasteiger partial charge in [0.25, 0.3) is 0 Å². The van der Waals surface area contributed by atoms with Crippen molar-refractivity contribution in [3.8, 4) is 5.75 Å². The molecule has 1 aromatic heterocycles. The average Bonchev–Trinajstić information content (AvgIpc) is 2.98. The van der Waals surface area contributed by atoms with Crippen molar-refractivity contribution in [3.05, 3.63) is 41.5 Å². The largest absolute Gasteiger partial charge is 0.493 e. The summed E-state index contributed by atoms with van der Waals surface area (Å²) in [6.45, 7) is 8.47. The number of hydrogen-bond acceptors (Lipinski definition) is 4. The molecule has 0 amide bonds. The number of nitrogens with zero attached hydrogens (tertiary/aromatic N) is 4. The van der Waals surface area contributed by atoms with Gasteiger partial charge in [-0.25, -0.2) is 4.99 Å². The van der Waals surface area contributed by atoms with Crippen LogP contribution in [0.25, 0.3) is 0 Å². The highest BCUT2D eigenvalue weighted by Gasteiger charge is 2.22. The SMILES string of the molecule is Cc1nnc(CN=C(NCCC(C)C)NC2CCOc3ccccc32)n1C. The maximum atomic E-state index is 5.77. The average molecular weight is 371 g/mol. The van der Waals surface area contributed by atoms with Gasteiger partial charge in [0.05, 0.1) is 12.6 Å². The van der Waals surface area contributed by atoms with Crippen molar-refractivity contribution < 1.29 is 4.74 Å². The Morgan fingerprint density at radius 1 is 1.33 bits per heavy atom. The van der Waals surface area contributed by atoms with Gasteiger partial charge < -0.3 is 19.9 Å². The van der Waals surface area contributed by atoms with Crippen molar-refractivity contribution >= 4 is 5.96 Å². The van der Waals surface area contributed by atoms with E-state index in [1.54, 1.807) is 0 Å². The predicted octanol–water partition coefficient (Wildman–Crippen LogP) is 2.73. The van der Waals surface area contributed by atoms with E-state index < -0.39 is 0 Å². The van der Waals surface area contributed by atoms with Crippen molar-refractivity contribution in [2.75, 3.05) is 13.2 Å². The van der Waals surface area contributed by atoms with Crippen molar-refractivity contribution in [2.24, 2.45) is 18.0 Å². The minimum Gasteiger partial charge on any atom is -0.493 e. The molecule has 7 heteroatoms. The number of nitrogens with one attached hydrogen (secondary N) is 2. The first-order chi connectivity index (χ1) is 13.0. The number of fused-ring (bicyclic) bond motifs is 1. The monoisotopic (exact) mass is 370 g/mol. The third-order valence-electron chi connectivity index (χ3n) is 4.84. The number of guanidine groups is 1. The van der Waals surface area contributed by atoms with Crippen LogP contribution >= 0.6 is 0 Å². The van der Waals surface area contributed by atoms with Crippen LogP contribution in [-0.4, -0.2) is 33.9 Å². The Bertz CT molecular complexity index is 783. The quantitative estimate of drug-likeness (QED) is 0.604. The second kappa shape index (κ2) is 8.88. The summed E-state index contributed by atoms with van der Waals surface area (Å²) in [6, 6.07) is 8.38. The summed E-state index contributed by atoms with van der Waals surface area (Å²) in [5, 5.41) is 15.4. The molecular formula is C20H30N6O. The molecule has 7 nitrogen and oxygen atoms in total. The first kappa shape index (κ1) is 19.2. The fraction of sp³-hybridized carbons (Fsp3) is 0.550. The number of aryl methyl sites for hydroxylation is 1. The standard InChI is InChI=1S/C20H30N6O/c1-14(2)9-11-21-20(22-13-19-25-24-15(3)26(19)4)23-17-10-12-27-18-8-6-5-7-16(17)18/h5-8,14,17H,9-13H2,1-4H3,(H2,21,22,23). The molecule has 3 rings (SSSR count). The molecule has 0 aliphatic carbocycles. The van der Waals surface area contributed by atoms with Gasteiger partial charge in [0.2, 0.25) is 0 Å². The summed E-state index contributed by atoms with van der Waals surface area (Å²) in [5.41, 5.74) is 1.18. The Labute approximate surface area is 161 Å². The zero-order chi connectivity index (χ0) is 19.2. The van der Waals surface area contributed by atoms with E-state index in [1.807, 2.05) is 36.7 Å². The second-order valence-electron chi connectivity index (χ2n) is 7.37. The van der Waals surface area contributed by atoms with Crippen LogP contribution in [0.15, 0.2) is 29.3 Å². The van der Waals surface area contributed by atoms with Crippen LogP contribution in [0.5, 0.6) is 5.75 Å².